The zero-order chi connectivity index (χ0) is 22.8. The second-order valence-corrected chi connectivity index (χ2v) is 7.36. The molecule has 3 aromatic carbocycles. The van der Waals surface area contributed by atoms with Gasteiger partial charge in [-0.3, -0.25) is 4.79 Å². The van der Waals surface area contributed by atoms with Crippen LogP contribution in [0.1, 0.15) is 23.6 Å². The van der Waals surface area contributed by atoms with E-state index in [1.807, 2.05) is 67.6 Å². The van der Waals surface area contributed by atoms with Gasteiger partial charge in [-0.25, -0.2) is 4.79 Å². The molecule has 0 atom stereocenters. The van der Waals surface area contributed by atoms with E-state index < -0.39 is 5.97 Å². The number of halogens is 1. The van der Waals surface area contributed by atoms with Crippen molar-refractivity contribution >= 4 is 35.2 Å². The number of rotatable bonds is 9. The minimum Gasteiger partial charge on any atom is -0.489 e. The quantitative estimate of drug-likeness (QED) is 0.337. The topological polar surface area (TPSA) is 64.6 Å². The van der Waals surface area contributed by atoms with Crippen molar-refractivity contribution in [2.45, 2.75) is 20.0 Å². The summed E-state index contributed by atoms with van der Waals surface area (Å²) in [6, 6.07) is 22.3. The number of anilines is 1. The van der Waals surface area contributed by atoms with Gasteiger partial charge < -0.3 is 14.8 Å². The fourth-order valence-electron chi connectivity index (χ4n) is 2.94. The highest BCUT2D eigenvalue weighted by Crippen LogP contribution is 2.19. The van der Waals surface area contributed by atoms with Crippen molar-refractivity contribution in [2.75, 3.05) is 11.9 Å². The molecule has 3 aromatic rings. The van der Waals surface area contributed by atoms with E-state index in [-0.39, 0.29) is 12.5 Å². The van der Waals surface area contributed by atoms with Crippen LogP contribution in [0, 0.1) is 0 Å². The maximum atomic E-state index is 12.0. The molecular formula is C26H24ClNO4. The van der Waals surface area contributed by atoms with Crippen LogP contribution in [0.15, 0.2) is 78.9 Å². The summed E-state index contributed by atoms with van der Waals surface area (Å²) in [5.74, 6) is -0.288. The van der Waals surface area contributed by atoms with Gasteiger partial charge in [0, 0.05) is 22.3 Å². The molecule has 0 spiro atoms. The van der Waals surface area contributed by atoms with Crippen LogP contribution in [0.5, 0.6) is 5.75 Å². The summed E-state index contributed by atoms with van der Waals surface area (Å²) in [7, 11) is 0. The minimum atomic E-state index is -0.594. The average molecular weight is 450 g/mol. The van der Waals surface area contributed by atoms with Gasteiger partial charge in [-0.05, 0) is 47.9 Å². The molecule has 0 heterocycles. The molecule has 1 N–H and O–H groups in total. The number of aryl methyl sites for hydroxylation is 1. The highest BCUT2D eigenvalue weighted by molar-refractivity contribution is 6.31. The molecule has 0 unspecified atom stereocenters. The third-order valence-electron chi connectivity index (χ3n) is 4.66. The maximum absolute atomic E-state index is 12.0. The first-order valence-electron chi connectivity index (χ1n) is 10.2. The Morgan fingerprint density at radius 2 is 1.62 bits per heavy atom. The number of carbonyl (C=O) groups excluding carboxylic acids is 2. The number of ether oxygens (including phenoxy) is 2. The second kappa shape index (κ2) is 11.7. The first-order valence-corrected chi connectivity index (χ1v) is 10.6. The fourth-order valence-corrected chi connectivity index (χ4v) is 3.13. The number of hydrogen-bond acceptors (Lipinski definition) is 4. The van der Waals surface area contributed by atoms with Crippen LogP contribution in [0.25, 0.3) is 6.08 Å². The molecule has 0 radical (unpaired) electrons. The fraction of sp³-hybridized carbons (Fsp3) is 0.154. The molecule has 0 bridgehead atoms. The van der Waals surface area contributed by atoms with Gasteiger partial charge in [0.05, 0.1) is 0 Å². The Kier molecular flexibility index (Phi) is 8.46. The second-order valence-electron chi connectivity index (χ2n) is 6.95. The summed E-state index contributed by atoms with van der Waals surface area (Å²) in [6.07, 6.45) is 3.69. The molecular weight excluding hydrogens is 426 g/mol. The largest absolute Gasteiger partial charge is 0.489 e. The number of nitrogens with one attached hydrogen (secondary N) is 1. The average Bonchev–Trinajstić information content (AvgIpc) is 2.82. The zero-order valence-electron chi connectivity index (χ0n) is 17.7. The molecule has 1 amide bonds. The molecule has 0 aliphatic heterocycles. The Hall–Kier alpha value is -3.57. The molecule has 0 aliphatic rings. The molecule has 0 saturated heterocycles. The van der Waals surface area contributed by atoms with Crippen molar-refractivity contribution in [3.05, 3.63) is 101 Å². The van der Waals surface area contributed by atoms with Crippen LogP contribution in [-0.4, -0.2) is 18.5 Å². The van der Waals surface area contributed by atoms with E-state index >= 15 is 0 Å². The molecule has 3 rings (SSSR count). The van der Waals surface area contributed by atoms with Gasteiger partial charge in [0.2, 0.25) is 0 Å². The number of benzene rings is 3. The van der Waals surface area contributed by atoms with Crippen LogP contribution < -0.4 is 10.1 Å². The van der Waals surface area contributed by atoms with Gasteiger partial charge in [0.25, 0.3) is 5.91 Å². The number of carbonyl (C=O) groups is 2. The molecule has 6 heteroatoms. The van der Waals surface area contributed by atoms with Crippen LogP contribution in [0.3, 0.4) is 0 Å². The summed E-state index contributed by atoms with van der Waals surface area (Å²) in [5.41, 5.74) is 3.45. The maximum Gasteiger partial charge on any atom is 0.331 e. The summed E-state index contributed by atoms with van der Waals surface area (Å²) in [6.45, 7) is 2.02. The predicted molar refractivity (Wildman–Crippen MR) is 127 cm³/mol. The molecule has 0 saturated carbocycles. The lowest BCUT2D eigenvalue weighted by atomic mass is 10.1. The van der Waals surface area contributed by atoms with Gasteiger partial charge in [-0.15, -0.1) is 0 Å². The monoisotopic (exact) mass is 449 g/mol. The summed E-state index contributed by atoms with van der Waals surface area (Å²) < 4.78 is 10.8. The zero-order valence-corrected chi connectivity index (χ0v) is 18.5. The lowest BCUT2D eigenvalue weighted by Crippen LogP contribution is -2.20. The van der Waals surface area contributed by atoms with Crippen LogP contribution in [0.2, 0.25) is 5.02 Å². The Labute approximate surface area is 192 Å². The van der Waals surface area contributed by atoms with Gasteiger partial charge in [0.15, 0.2) is 6.61 Å². The Morgan fingerprint density at radius 3 is 2.34 bits per heavy atom. The third kappa shape index (κ3) is 7.00. The van der Waals surface area contributed by atoms with E-state index in [9.17, 15) is 9.59 Å². The van der Waals surface area contributed by atoms with Crippen LogP contribution >= 0.6 is 11.6 Å². The standard InChI is InChI=1S/C26H24ClNO4/c1-2-20-7-4-6-10-24(20)28-25(29)18-32-26(30)16-13-19-11-14-22(15-12-19)31-17-21-8-3-5-9-23(21)27/h3-16H,2,17-18H2,1H3,(H,28,29). The highest BCUT2D eigenvalue weighted by Gasteiger charge is 2.08. The molecule has 164 valence electrons. The Bertz CT molecular complexity index is 1090. The van der Waals surface area contributed by atoms with Gasteiger partial charge in [-0.2, -0.15) is 0 Å². The molecule has 32 heavy (non-hydrogen) atoms. The number of hydrogen-bond donors (Lipinski definition) is 1. The van der Waals surface area contributed by atoms with Crippen LogP contribution in [0.4, 0.5) is 5.69 Å². The molecule has 5 nitrogen and oxygen atoms in total. The molecule has 0 aliphatic carbocycles. The molecule has 0 aromatic heterocycles. The van der Waals surface area contributed by atoms with E-state index in [1.54, 1.807) is 18.2 Å². The summed E-state index contributed by atoms with van der Waals surface area (Å²) in [5, 5.41) is 3.42. The van der Waals surface area contributed by atoms with Crippen molar-refractivity contribution in [1.29, 1.82) is 0 Å². The molecule has 0 fully saturated rings. The normalized spacial score (nSPS) is 10.7. The van der Waals surface area contributed by atoms with Crippen molar-refractivity contribution in [3.63, 3.8) is 0 Å². The van der Waals surface area contributed by atoms with Gasteiger partial charge in [0.1, 0.15) is 12.4 Å². The van der Waals surface area contributed by atoms with Gasteiger partial charge in [-0.1, -0.05) is 67.1 Å². The first kappa shape index (κ1) is 23.1. The Balaban J connectivity index is 1.44. The van der Waals surface area contributed by atoms with Crippen molar-refractivity contribution < 1.29 is 19.1 Å². The van der Waals surface area contributed by atoms with Crippen molar-refractivity contribution in [3.8, 4) is 5.75 Å². The summed E-state index contributed by atoms with van der Waals surface area (Å²) >= 11 is 6.13. The van der Waals surface area contributed by atoms with Crippen molar-refractivity contribution in [1.82, 2.24) is 0 Å². The van der Waals surface area contributed by atoms with Crippen LogP contribution in [-0.2, 0) is 27.4 Å². The highest BCUT2D eigenvalue weighted by atomic mass is 35.5. The number of amides is 1. The minimum absolute atomic E-state index is 0.351. The van der Waals surface area contributed by atoms with Gasteiger partial charge >= 0.3 is 5.97 Å². The Morgan fingerprint density at radius 1 is 0.938 bits per heavy atom. The van der Waals surface area contributed by atoms with Crippen molar-refractivity contribution in [2.24, 2.45) is 0 Å². The summed E-state index contributed by atoms with van der Waals surface area (Å²) in [4.78, 5) is 24.0. The number of esters is 1. The lowest BCUT2D eigenvalue weighted by molar-refractivity contribution is -0.142. The SMILES string of the molecule is CCc1ccccc1NC(=O)COC(=O)C=Cc1ccc(OCc2ccccc2Cl)cc1. The van der Waals surface area contributed by atoms with E-state index in [1.165, 1.54) is 6.08 Å². The van der Waals surface area contributed by atoms with E-state index in [4.69, 9.17) is 21.1 Å². The van der Waals surface area contributed by atoms with E-state index in [2.05, 4.69) is 5.32 Å². The predicted octanol–water partition coefficient (Wildman–Crippen LogP) is 5.68. The first-order chi connectivity index (χ1) is 15.5. The number of para-hydroxylation sites is 1. The van der Waals surface area contributed by atoms with E-state index in [0.29, 0.717) is 17.4 Å². The van der Waals surface area contributed by atoms with E-state index in [0.717, 1.165) is 28.8 Å². The third-order valence-corrected chi connectivity index (χ3v) is 5.03. The smallest absolute Gasteiger partial charge is 0.331 e. The lowest BCUT2D eigenvalue weighted by Gasteiger charge is -2.09.